The first-order valence-electron chi connectivity index (χ1n) is 3.20. The average molecular weight is 264 g/mol. The number of halogens is 2. The molecule has 0 heterocycles. The molecule has 3 nitrogen and oxygen atoms in total. The molecule has 0 aliphatic heterocycles. The summed E-state index contributed by atoms with van der Waals surface area (Å²) in [4.78, 5) is 0.149. The van der Waals surface area contributed by atoms with Gasteiger partial charge >= 0.3 is 29.6 Å². The topological polar surface area (TPSA) is 46.5 Å². The zero-order valence-electron chi connectivity index (χ0n) is 7.58. The zero-order chi connectivity index (χ0) is 10.0. The zero-order valence-corrected chi connectivity index (χ0v) is 11.9. The molecule has 0 radical (unpaired) electrons. The second-order valence-corrected chi connectivity index (χ2v) is 3.95. The Bertz CT molecular complexity index is 336. The molecule has 1 rings (SSSR count). The summed E-state index contributed by atoms with van der Waals surface area (Å²) in [7, 11) is 1.42. The third-order valence-electron chi connectivity index (χ3n) is 1.38. The van der Waals surface area contributed by atoms with Crippen LogP contribution in [0, 0.1) is 0 Å². The van der Waals surface area contributed by atoms with Crippen LogP contribution in [0.5, 0.6) is 5.75 Å². The fourth-order valence-electron chi connectivity index (χ4n) is 0.832. The van der Waals surface area contributed by atoms with Crippen LogP contribution in [0.2, 0.25) is 10.0 Å². The third kappa shape index (κ3) is 3.38. The molecule has 1 N–H and O–H groups in total. The molecule has 0 amide bonds. The molecule has 0 aliphatic carbocycles. The predicted octanol–water partition coefficient (Wildman–Crippen LogP) is -0.413. The van der Waals surface area contributed by atoms with Gasteiger partial charge in [-0.05, 0) is 12.1 Å². The van der Waals surface area contributed by atoms with Gasteiger partial charge in [-0.15, -0.1) is 0 Å². The van der Waals surface area contributed by atoms with E-state index >= 15 is 0 Å². The second-order valence-electron chi connectivity index (χ2n) is 2.17. The van der Waals surface area contributed by atoms with Crippen LogP contribution >= 0.6 is 23.2 Å². The van der Waals surface area contributed by atoms with Crippen LogP contribution in [0.1, 0.15) is 0 Å². The summed E-state index contributed by atoms with van der Waals surface area (Å²) >= 11 is 9.36. The summed E-state index contributed by atoms with van der Waals surface area (Å²) in [6.45, 7) is 0. The van der Waals surface area contributed by atoms with Gasteiger partial charge in [-0.1, -0.05) is 23.2 Å². The minimum absolute atomic E-state index is 0. The van der Waals surface area contributed by atoms with E-state index in [1.807, 2.05) is 0 Å². The van der Waals surface area contributed by atoms with E-state index in [4.69, 9.17) is 32.5 Å². The standard InChI is InChI=1S/C7H6Cl2O3S.Na/c1-12-7-5(8)2-4(13(10)11)3-6(7)9;/h2-3H,1H3,(H,10,11);/q;+1. The van der Waals surface area contributed by atoms with Crippen molar-refractivity contribution < 1.29 is 43.1 Å². The molecule has 0 saturated heterocycles. The van der Waals surface area contributed by atoms with E-state index in [0.29, 0.717) is 5.75 Å². The fraction of sp³-hybridized carbons (Fsp3) is 0.143. The first-order chi connectivity index (χ1) is 6.06. The number of benzene rings is 1. The van der Waals surface area contributed by atoms with Gasteiger partial charge < -0.3 is 9.29 Å². The largest absolute Gasteiger partial charge is 1.00 e. The quantitative estimate of drug-likeness (QED) is 0.583. The third-order valence-corrected chi connectivity index (χ3v) is 2.58. The normalized spacial score (nSPS) is 11.7. The van der Waals surface area contributed by atoms with E-state index in [0.717, 1.165) is 0 Å². The van der Waals surface area contributed by atoms with Gasteiger partial charge in [0.25, 0.3) is 0 Å². The van der Waals surface area contributed by atoms with Crippen LogP contribution in [-0.4, -0.2) is 15.9 Å². The van der Waals surface area contributed by atoms with Gasteiger partial charge in [-0.2, -0.15) is 0 Å². The molecule has 14 heavy (non-hydrogen) atoms. The molecule has 7 heteroatoms. The Hall–Kier alpha value is 0.710. The Morgan fingerprint density at radius 1 is 1.36 bits per heavy atom. The fourth-order valence-corrected chi connectivity index (χ4v) is 2.04. The molecule has 1 atom stereocenters. The van der Waals surface area contributed by atoms with Crippen molar-refractivity contribution in [2.24, 2.45) is 0 Å². The Kier molecular flexibility index (Phi) is 6.65. The maximum atomic E-state index is 10.7. The summed E-state index contributed by atoms with van der Waals surface area (Å²) in [6.07, 6.45) is 0. The van der Waals surface area contributed by atoms with Crippen LogP contribution in [0.3, 0.4) is 0 Å². The number of rotatable bonds is 2. The number of hydrogen-bond donors (Lipinski definition) is 1. The first kappa shape index (κ1) is 14.7. The molecule has 1 aromatic carbocycles. The maximum Gasteiger partial charge on any atom is 1.00 e. The first-order valence-corrected chi connectivity index (χ1v) is 5.06. The van der Waals surface area contributed by atoms with Crippen LogP contribution in [0.15, 0.2) is 17.0 Å². The molecule has 0 aromatic heterocycles. The van der Waals surface area contributed by atoms with Gasteiger partial charge in [-0.25, -0.2) is 4.21 Å². The van der Waals surface area contributed by atoms with Gasteiger partial charge in [-0.3, -0.25) is 0 Å². The molecular weight excluding hydrogens is 258 g/mol. The summed E-state index contributed by atoms with van der Waals surface area (Å²) in [6, 6.07) is 2.67. The van der Waals surface area contributed by atoms with Crippen LogP contribution < -0.4 is 34.3 Å². The number of methoxy groups -OCH3 is 1. The van der Waals surface area contributed by atoms with Gasteiger partial charge in [0.15, 0.2) is 16.8 Å². The summed E-state index contributed by atoms with van der Waals surface area (Å²) in [5.41, 5.74) is 0. The minimum Gasteiger partial charge on any atom is -0.494 e. The van der Waals surface area contributed by atoms with Crippen LogP contribution in [-0.2, 0) is 11.1 Å². The molecular formula is C7H6Cl2NaO3S+. The Labute approximate surface area is 116 Å². The van der Waals surface area contributed by atoms with Gasteiger partial charge in [0.1, 0.15) is 0 Å². The average Bonchev–Trinajstić information content (AvgIpc) is 2.03. The summed E-state index contributed by atoms with van der Waals surface area (Å²) < 4.78 is 24.3. The smallest absolute Gasteiger partial charge is 0.494 e. The molecule has 1 unspecified atom stereocenters. The van der Waals surface area contributed by atoms with E-state index < -0.39 is 11.1 Å². The van der Waals surface area contributed by atoms with E-state index in [9.17, 15) is 4.21 Å². The maximum absolute atomic E-state index is 10.7. The van der Waals surface area contributed by atoms with Crippen molar-refractivity contribution in [3.8, 4) is 5.75 Å². The Morgan fingerprint density at radius 2 is 1.79 bits per heavy atom. The molecule has 0 fully saturated rings. The van der Waals surface area contributed by atoms with Gasteiger partial charge in [0.2, 0.25) is 0 Å². The predicted molar refractivity (Wildman–Crippen MR) is 52.1 cm³/mol. The van der Waals surface area contributed by atoms with Crippen molar-refractivity contribution in [1.82, 2.24) is 0 Å². The molecule has 0 bridgehead atoms. The van der Waals surface area contributed by atoms with E-state index in [1.54, 1.807) is 0 Å². The molecule has 0 aliphatic rings. The molecule has 0 spiro atoms. The van der Waals surface area contributed by atoms with E-state index in [-0.39, 0.29) is 44.5 Å². The van der Waals surface area contributed by atoms with Crippen molar-refractivity contribution in [1.29, 1.82) is 0 Å². The SMILES string of the molecule is COc1c(Cl)cc(S(=O)O)cc1Cl.[Na+]. The van der Waals surface area contributed by atoms with Crippen molar-refractivity contribution >= 4 is 34.3 Å². The molecule has 1 aromatic rings. The van der Waals surface area contributed by atoms with Gasteiger partial charge in [0, 0.05) is 0 Å². The van der Waals surface area contributed by atoms with E-state index in [2.05, 4.69) is 0 Å². The molecule has 0 saturated carbocycles. The van der Waals surface area contributed by atoms with Crippen molar-refractivity contribution in [2.75, 3.05) is 7.11 Å². The minimum atomic E-state index is -2.08. The number of ether oxygens (including phenoxy) is 1. The monoisotopic (exact) mass is 263 g/mol. The number of hydrogen-bond acceptors (Lipinski definition) is 2. The van der Waals surface area contributed by atoms with Gasteiger partial charge in [0.05, 0.1) is 22.1 Å². The Morgan fingerprint density at radius 3 is 2.07 bits per heavy atom. The van der Waals surface area contributed by atoms with Crippen LogP contribution in [0.4, 0.5) is 0 Å². The van der Waals surface area contributed by atoms with Crippen molar-refractivity contribution in [3.63, 3.8) is 0 Å². The van der Waals surface area contributed by atoms with Crippen molar-refractivity contribution in [2.45, 2.75) is 4.90 Å². The second kappa shape index (κ2) is 6.33. The summed E-state index contributed by atoms with van der Waals surface area (Å²) in [5, 5.41) is 0.430. The Balaban J connectivity index is 0.00000169. The molecule has 72 valence electrons. The van der Waals surface area contributed by atoms with Crippen LogP contribution in [0.25, 0.3) is 0 Å². The van der Waals surface area contributed by atoms with E-state index in [1.165, 1.54) is 19.2 Å². The summed E-state index contributed by atoms with van der Waals surface area (Å²) in [5.74, 6) is 0.303. The van der Waals surface area contributed by atoms with Crippen molar-refractivity contribution in [3.05, 3.63) is 22.2 Å².